The van der Waals surface area contributed by atoms with Gasteiger partial charge in [-0.25, -0.2) is 14.5 Å². The summed E-state index contributed by atoms with van der Waals surface area (Å²) in [6.07, 6.45) is 7.64. The Bertz CT molecular complexity index is 1410. The second kappa shape index (κ2) is 7.92. The summed E-state index contributed by atoms with van der Waals surface area (Å²) in [5.41, 5.74) is 2.74. The van der Waals surface area contributed by atoms with Crippen LogP contribution in [-0.4, -0.2) is 63.3 Å². The topological polar surface area (TPSA) is 93.9 Å². The molecule has 0 spiro atoms. The standard InChI is InChI=1S/C24H26N6O3S/c1-24(33-3)11-29(12-24)23(31)14-4-5-15-18(10-14)34-22-19(15)21(25-13-26-22)28-16-7-9-30-17(6-8-27-30)20(16)32-2/h6-9,13-14H,4-5,10-12H2,1-3H3,(H,25,26,28)/t14-/m0/s1. The second-order valence-corrected chi connectivity index (χ2v) is 10.3. The number of aromatic nitrogens is 4. The molecule has 4 aromatic heterocycles. The molecule has 1 N–H and O–H groups in total. The summed E-state index contributed by atoms with van der Waals surface area (Å²) in [5.74, 6) is 1.71. The van der Waals surface area contributed by atoms with Crippen LogP contribution in [0.4, 0.5) is 11.5 Å². The zero-order valence-electron chi connectivity index (χ0n) is 19.4. The first-order chi connectivity index (χ1) is 16.5. The minimum absolute atomic E-state index is 0.00991. The molecular weight excluding hydrogens is 452 g/mol. The Morgan fingerprint density at radius 1 is 1.26 bits per heavy atom. The second-order valence-electron chi connectivity index (χ2n) is 9.24. The van der Waals surface area contributed by atoms with E-state index >= 15 is 0 Å². The Kier molecular flexibility index (Phi) is 4.96. The number of carbonyl (C=O) groups excluding carboxylic acids is 1. The monoisotopic (exact) mass is 478 g/mol. The molecule has 1 aliphatic heterocycles. The van der Waals surface area contributed by atoms with Gasteiger partial charge in [-0.05, 0) is 43.9 Å². The summed E-state index contributed by atoms with van der Waals surface area (Å²) in [6, 6.07) is 3.84. The molecule has 1 aliphatic carbocycles. The van der Waals surface area contributed by atoms with Gasteiger partial charge in [0.25, 0.3) is 0 Å². The van der Waals surface area contributed by atoms with Crippen LogP contribution >= 0.6 is 11.3 Å². The molecule has 6 rings (SSSR count). The van der Waals surface area contributed by atoms with Crippen LogP contribution in [0.25, 0.3) is 15.7 Å². The van der Waals surface area contributed by atoms with Gasteiger partial charge < -0.3 is 19.7 Å². The fourth-order valence-electron chi connectivity index (χ4n) is 5.13. The maximum absolute atomic E-state index is 13.1. The number of fused-ring (bicyclic) bond motifs is 4. The van der Waals surface area contributed by atoms with E-state index in [9.17, 15) is 4.79 Å². The van der Waals surface area contributed by atoms with E-state index in [4.69, 9.17) is 9.47 Å². The van der Waals surface area contributed by atoms with Crippen LogP contribution in [0, 0.1) is 5.92 Å². The van der Waals surface area contributed by atoms with E-state index < -0.39 is 0 Å². The van der Waals surface area contributed by atoms with Crippen molar-refractivity contribution in [2.24, 2.45) is 5.92 Å². The van der Waals surface area contributed by atoms with E-state index in [0.29, 0.717) is 18.8 Å². The molecule has 0 aromatic carbocycles. The highest BCUT2D eigenvalue weighted by Crippen LogP contribution is 2.42. The normalized spacial score (nSPS) is 19.1. The van der Waals surface area contributed by atoms with E-state index in [1.54, 1.807) is 42.6 Å². The fourth-order valence-corrected chi connectivity index (χ4v) is 6.40. The van der Waals surface area contributed by atoms with Crippen molar-refractivity contribution in [2.45, 2.75) is 31.8 Å². The Labute approximate surface area is 200 Å². The zero-order valence-corrected chi connectivity index (χ0v) is 20.2. The number of anilines is 2. The van der Waals surface area contributed by atoms with Crippen molar-refractivity contribution in [1.82, 2.24) is 24.5 Å². The molecule has 34 heavy (non-hydrogen) atoms. The number of nitrogens with one attached hydrogen (secondary N) is 1. The van der Waals surface area contributed by atoms with Crippen molar-refractivity contribution in [3.63, 3.8) is 0 Å². The van der Waals surface area contributed by atoms with Gasteiger partial charge in [0.05, 0.1) is 43.1 Å². The van der Waals surface area contributed by atoms with E-state index in [-0.39, 0.29) is 17.4 Å². The van der Waals surface area contributed by atoms with Gasteiger partial charge in [-0.1, -0.05) is 0 Å². The number of ether oxygens (including phenoxy) is 2. The molecule has 0 unspecified atom stereocenters. The van der Waals surface area contributed by atoms with Crippen LogP contribution < -0.4 is 10.1 Å². The number of hydrogen-bond acceptors (Lipinski definition) is 8. The number of likely N-dealkylation sites (tertiary alicyclic amines) is 1. The van der Waals surface area contributed by atoms with Gasteiger partial charge >= 0.3 is 0 Å². The summed E-state index contributed by atoms with van der Waals surface area (Å²) in [7, 11) is 3.36. The van der Waals surface area contributed by atoms with Crippen LogP contribution in [0.15, 0.2) is 30.9 Å². The maximum atomic E-state index is 13.1. The highest BCUT2D eigenvalue weighted by atomic mass is 32.1. The predicted octanol–water partition coefficient (Wildman–Crippen LogP) is 3.44. The summed E-state index contributed by atoms with van der Waals surface area (Å²) in [5, 5.41) is 8.79. The Hall–Kier alpha value is -3.24. The van der Waals surface area contributed by atoms with Gasteiger partial charge in [0.15, 0.2) is 5.75 Å². The minimum atomic E-state index is -0.204. The average Bonchev–Trinajstić information content (AvgIpc) is 3.45. The van der Waals surface area contributed by atoms with Crippen LogP contribution in [-0.2, 0) is 22.4 Å². The van der Waals surface area contributed by atoms with Crippen LogP contribution in [0.2, 0.25) is 0 Å². The number of pyridine rings is 1. The van der Waals surface area contributed by atoms with Gasteiger partial charge in [-0.3, -0.25) is 4.79 Å². The van der Waals surface area contributed by atoms with Gasteiger partial charge in [0.1, 0.15) is 22.5 Å². The molecule has 176 valence electrons. The molecule has 4 aromatic rings. The van der Waals surface area contributed by atoms with Crippen molar-refractivity contribution < 1.29 is 14.3 Å². The van der Waals surface area contributed by atoms with Crippen molar-refractivity contribution >= 4 is 44.5 Å². The smallest absolute Gasteiger partial charge is 0.226 e. The van der Waals surface area contributed by atoms with Crippen molar-refractivity contribution in [3.05, 3.63) is 41.3 Å². The fraction of sp³-hybridized carbons (Fsp3) is 0.417. The highest BCUT2D eigenvalue weighted by molar-refractivity contribution is 7.19. The molecule has 1 fully saturated rings. The molecule has 1 saturated heterocycles. The first-order valence-corrected chi connectivity index (χ1v) is 12.2. The van der Waals surface area contributed by atoms with Gasteiger partial charge in [0, 0.05) is 24.1 Å². The molecule has 5 heterocycles. The number of aryl methyl sites for hydroxylation is 1. The Morgan fingerprint density at radius 3 is 2.91 bits per heavy atom. The number of hydrogen-bond donors (Lipinski definition) is 1. The van der Waals surface area contributed by atoms with Crippen LogP contribution in [0.1, 0.15) is 23.8 Å². The summed E-state index contributed by atoms with van der Waals surface area (Å²) < 4.78 is 13.0. The van der Waals surface area contributed by atoms with Gasteiger partial charge in [0.2, 0.25) is 5.91 Å². The summed E-state index contributed by atoms with van der Waals surface area (Å²) >= 11 is 1.67. The van der Waals surface area contributed by atoms with Crippen molar-refractivity contribution in [1.29, 1.82) is 0 Å². The lowest BCUT2D eigenvalue weighted by molar-refractivity contribution is -0.162. The molecule has 1 amide bonds. The molecule has 2 aliphatic rings. The Balaban J connectivity index is 1.29. The number of nitrogens with zero attached hydrogens (tertiary/aromatic N) is 5. The number of rotatable bonds is 5. The third-order valence-corrected chi connectivity index (χ3v) is 8.20. The highest BCUT2D eigenvalue weighted by Gasteiger charge is 2.44. The lowest BCUT2D eigenvalue weighted by Gasteiger charge is -2.48. The average molecular weight is 479 g/mol. The molecule has 10 heteroatoms. The van der Waals surface area contributed by atoms with Gasteiger partial charge in [-0.2, -0.15) is 5.10 Å². The molecule has 9 nitrogen and oxygen atoms in total. The van der Waals surface area contributed by atoms with Gasteiger partial charge in [-0.15, -0.1) is 11.3 Å². The van der Waals surface area contributed by atoms with E-state index in [1.807, 2.05) is 23.2 Å². The van der Waals surface area contributed by atoms with Crippen LogP contribution in [0.3, 0.4) is 0 Å². The first-order valence-electron chi connectivity index (χ1n) is 11.4. The quantitative estimate of drug-likeness (QED) is 0.470. The summed E-state index contributed by atoms with van der Waals surface area (Å²) in [6.45, 7) is 3.39. The number of thiophene rings is 1. The lowest BCUT2D eigenvalue weighted by Crippen LogP contribution is -2.63. The van der Waals surface area contributed by atoms with E-state index in [0.717, 1.165) is 46.5 Å². The molecule has 0 bridgehead atoms. The maximum Gasteiger partial charge on any atom is 0.226 e. The van der Waals surface area contributed by atoms with E-state index in [1.165, 1.54) is 10.4 Å². The first kappa shape index (κ1) is 21.3. The molecule has 0 saturated carbocycles. The Morgan fingerprint density at radius 2 is 2.12 bits per heavy atom. The SMILES string of the molecule is COc1c(Nc2ncnc3sc4c(c23)CC[C@H](C(=O)N2CC(C)(OC)C2)C4)ccn2nccc12. The molecular formula is C24H26N6O3S. The third-order valence-electron chi connectivity index (χ3n) is 7.04. The number of methoxy groups -OCH3 is 2. The molecule has 1 atom stereocenters. The molecule has 0 radical (unpaired) electrons. The minimum Gasteiger partial charge on any atom is -0.492 e. The predicted molar refractivity (Wildman–Crippen MR) is 130 cm³/mol. The summed E-state index contributed by atoms with van der Waals surface area (Å²) in [4.78, 5) is 26.3. The van der Waals surface area contributed by atoms with Crippen molar-refractivity contribution in [3.8, 4) is 5.75 Å². The van der Waals surface area contributed by atoms with Crippen molar-refractivity contribution in [2.75, 3.05) is 32.6 Å². The lowest BCUT2D eigenvalue weighted by atomic mass is 9.85. The zero-order chi connectivity index (χ0) is 23.4. The number of amides is 1. The third kappa shape index (κ3) is 3.32. The largest absolute Gasteiger partial charge is 0.492 e. The number of carbonyl (C=O) groups is 1. The van der Waals surface area contributed by atoms with Crippen LogP contribution in [0.5, 0.6) is 5.75 Å². The van der Waals surface area contributed by atoms with E-state index in [2.05, 4.69) is 27.3 Å².